The molecule has 0 spiro atoms. The van der Waals surface area contributed by atoms with E-state index in [1.165, 1.54) is 0 Å². The van der Waals surface area contributed by atoms with Crippen molar-refractivity contribution in [2.75, 3.05) is 0 Å². The number of halogens is 1. The van der Waals surface area contributed by atoms with Crippen molar-refractivity contribution in [1.29, 1.82) is 0 Å². The Labute approximate surface area is 126 Å². The highest BCUT2D eigenvalue weighted by atomic mass is 35.5. The van der Waals surface area contributed by atoms with E-state index >= 15 is 0 Å². The van der Waals surface area contributed by atoms with E-state index in [1.807, 2.05) is 18.2 Å². The van der Waals surface area contributed by atoms with Crippen LogP contribution in [0.15, 0.2) is 36.4 Å². The third-order valence-electron chi connectivity index (χ3n) is 3.90. The van der Waals surface area contributed by atoms with Gasteiger partial charge in [0.15, 0.2) is 0 Å². The number of carbonyl (C=O) groups excluding carboxylic acids is 1. The lowest BCUT2D eigenvalue weighted by Crippen LogP contribution is -2.42. The Morgan fingerprint density at radius 2 is 1.86 bits per heavy atom. The highest BCUT2D eigenvalue weighted by Crippen LogP contribution is 2.39. The molecule has 3 rings (SSSR count). The summed E-state index contributed by atoms with van der Waals surface area (Å²) in [7, 11) is 0. The van der Waals surface area contributed by atoms with Gasteiger partial charge in [-0.3, -0.25) is 9.59 Å². The lowest BCUT2D eigenvalue weighted by Gasteiger charge is -2.21. The first-order chi connectivity index (χ1) is 10.1. The Hall–Kier alpha value is -1.85. The first-order valence-corrected chi connectivity index (χ1v) is 7.03. The molecule has 1 aromatic carbocycles. The number of amides is 1. The van der Waals surface area contributed by atoms with Crippen LogP contribution in [0.4, 0.5) is 0 Å². The SMILES string of the molecule is O=C(O)[C@@H]1[C@@H](C(=O)NCc2ccccc2Cl)[C@H]2C=C[C@H]1O2. The van der Waals surface area contributed by atoms with Gasteiger partial charge in [-0.25, -0.2) is 0 Å². The number of aliphatic carboxylic acids is 1. The molecule has 4 atom stereocenters. The van der Waals surface area contributed by atoms with Crippen molar-refractivity contribution in [3.63, 3.8) is 0 Å². The zero-order valence-electron chi connectivity index (χ0n) is 11.0. The first kappa shape index (κ1) is 14.1. The molecule has 2 bridgehead atoms. The van der Waals surface area contributed by atoms with Gasteiger partial charge < -0.3 is 15.2 Å². The largest absolute Gasteiger partial charge is 0.481 e. The lowest BCUT2D eigenvalue weighted by atomic mass is 9.82. The van der Waals surface area contributed by atoms with Crippen LogP contribution in [0.5, 0.6) is 0 Å². The van der Waals surface area contributed by atoms with Gasteiger partial charge in [0.2, 0.25) is 5.91 Å². The molecular formula is C15H14ClNO4. The van der Waals surface area contributed by atoms with Gasteiger partial charge in [-0.15, -0.1) is 0 Å². The summed E-state index contributed by atoms with van der Waals surface area (Å²) in [5.74, 6) is -2.85. The molecule has 2 aliphatic heterocycles. The molecule has 0 aliphatic carbocycles. The molecular weight excluding hydrogens is 294 g/mol. The molecule has 2 aliphatic rings. The van der Waals surface area contributed by atoms with Crippen LogP contribution in [0.25, 0.3) is 0 Å². The highest BCUT2D eigenvalue weighted by Gasteiger charge is 2.53. The third-order valence-corrected chi connectivity index (χ3v) is 4.27. The van der Waals surface area contributed by atoms with Gasteiger partial charge >= 0.3 is 5.97 Å². The van der Waals surface area contributed by atoms with Crippen molar-refractivity contribution in [2.45, 2.75) is 18.8 Å². The predicted molar refractivity (Wildman–Crippen MR) is 75.7 cm³/mol. The molecule has 2 N–H and O–H groups in total. The van der Waals surface area contributed by atoms with Crippen LogP contribution < -0.4 is 5.32 Å². The Morgan fingerprint density at radius 3 is 2.52 bits per heavy atom. The average Bonchev–Trinajstić information content (AvgIpc) is 3.06. The smallest absolute Gasteiger partial charge is 0.310 e. The summed E-state index contributed by atoms with van der Waals surface area (Å²) in [6, 6.07) is 7.19. The van der Waals surface area contributed by atoms with Crippen LogP contribution in [0.2, 0.25) is 5.02 Å². The molecule has 2 heterocycles. The fourth-order valence-electron chi connectivity index (χ4n) is 2.86. The molecule has 0 saturated carbocycles. The van der Waals surface area contributed by atoms with Crippen molar-refractivity contribution in [3.05, 3.63) is 47.0 Å². The fourth-order valence-corrected chi connectivity index (χ4v) is 3.06. The summed E-state index contributed by atoms with van der Waals surface area (Å²) >= 11 is 6.03. The third kappa shape index (κ3) is 2.54. The maximum Gasteiger partial charge on any atom is 0.310 e. The van der Waals surface area contributed by atoms with Crippen molar-refractivity contribution in [2.24, 2.45) is 11.8 Å². The number of rotatable bonds is 4. The molecule has 1 amide bonds. The number of nitrogens with one attached hydrogen (secondary N) is 1. The minimum absolute atomic E-state index is 0.266. The van der Waals surface area contributed by atoms with E-state index in [0.717, 1.165) is 5.56 Å². The van der Waals surface area contributed by atoms with Crippen molar-refractivity contribution in [1.82, 2.24) is 5.32 Å². The van der Waals surface area contributed by atoms with Crippen LogP contribution in [0.3, 0.4) is 0 Å². The van der Waals surface area contributed by atoms with Gasteiger partial charge in [0.1, 0.15) is 5.92 Å². The van der Waals surface area contributed by atoms with Crippen LogP contribution in [-0.2, 0) is 20.9 Å². The number of carboxylic acids is 1. The second-order valence-electron chi connectivity index (χ2n) is 5.15. The quantitative estimate of drug-likeness (QED) is 0.829. The molecule has 0 aromatic heterocycles. The van der Waals surface area contributed by atoms with Gasteiger partial charge in [-0.2, -0.15) is 0 Å². The Morgan fingerprint density at radius 1 is 1.19 bits per heavy atom. The van der Waals surface area contributed by atoms with Crippen LogP contribution in [0.1, 0.15) is 5.56 Å². The molecule has 1 saturated heterocycles. The predicted octanol–water partition coefficient (Wildman–Crippen LogP) is 1.61. The molecule has 110 valence electrons. The molecule has 0 radical (unpaired) electrons. The minimum Gasteiger partial charge on any atom is -0.481 e. The fraction of sp³-hybridized carbons (Fsp3) is 0.333. The summed E-state index contributed by atoms with van der Waals surface area (Å²) in [6.45, 7) is 0.266. The van der Waals surface area contributed by atoms with Gasteiger partial charge in [0.25, 0.3) is 0 Å². The molecule has 1 aromatic rings. The normalized spacial score (nSPS) is 29.6. The van der Waals surface area contributed by atoms with Crippen molar-refractivity contribution in [3.8, 4) is 0 Å². The summed E-state index contributed by atoms with van der Waals surface area (Å²) in [6.07, 6.45) is 2.50. The highest BCUT2D eigenvalue weighted by molar-refractivity contribution is 6.31. The number of carbonyl (C=O) groups is 2. The number of hydrogen-bond acceptors (Lipinski definition) is 3. The molecule has 21 heavy (non-hydrogen) atoms. The molecule has 6 heteroatoms. The van der Waals surface area contributed by atoms with E-state index in [2.05, 4.69) is 5.32 Å². The Bertz CT molecular complexity index is 615. The Balaban J connectivity index is 1.69. The summed E-state index contributed by atoms with van der Waals surface area (Å²) < 4.78 is 5.48. The minimum atomic E-state index is -1.01. The number of fused-ring (bicyclic) bond motifs is 2. The first-order valence-electron chi connectivity index (χ1n) is 6.65. The average molecular weight is 308 g/mol. The molecule has 1 fully saturated rings. The van der Waals surface area contributed by atoms with E-state index in [-0.39, 0.29) is 12.5 Å². The maximum atomic E-state index is 12.3. The summed E-state index contributed by atoms with van der Waals surface area (Å²) in [5, 5.41) is 12.6. The van der Waals surface area contributed by atoms with Gasteiger partial charge in [-0.05, 0) is 11.6 Å². The number of hydrogen-bond donors (Lipinski definition) is 2. The molecule has 5 nitrogen and oxygen atoms in total. The van der Waals surface area contributed by atoms with Gasteiger partial charge in [-0.1, -0.05) is 42.0 Å². The summed E-state index contributed by atoms with van der Waals surface area (Å²) in [4.78, 5) is 23.6. The number of benzene rings is 1. The molecule has 0 unspecified atom stereocenters. The standard InChI is InChI=1S/C15H14ClNO4/c16-9-4-2-1-3-8(9)7-17-14(18)12-10-5-6-11(21-10)13(12)15(19)20/h1-6,10-13H,7H2,(H,17,18)(H,19,20)/t10-,11-,12+,13+/m1/s1. The zero-order valence-corrected chi connectivity index (χ0v) is 11.8. The topological polar surface area (TPSA) is 75.6 Å². The van der Waals surface area contributed by atoms with Crippen molar-refractivity contribution < 1.29 is 19.4 Å². The van der Waals surface area contributed by atoms with E-state index in [0.29, 0.717) is 5.02 Å². The Kier molecular flexibility index (Phi) is 3.69. The number of ether oxygens (including phenoxy) is 1. The lowest BCUT2D eigenvalue weighted by molar-refractivity contribution is -0.146. The number of carboxylic acid groups (broad SMARTS) is 1. The maximum absolute atomic E-state index is 12.3. The van der Waals surface area contributed by atoms with E-state index in [4.69, 9.17) is 16.3 Å². The van der Waals surface area contributed by atoms with Crippen molar-refractivity contribution >= 4 is 23.5 Å². The van der Waals surface area contributed by atoms with Gasteiger partial charge in [0, 0.05) is 11.6 Å². The van der Waals surface area contributed by atoms with Crippen LogP contribution >= 0.6 is 11.6 Å². The second-order valence-corrected chi connectivity index (χ2v) is 5.56. The monoisotopic (exact) mass is 307 g/mol. The van der Waals surface area contributed by atoms with Crippen LogP contribution in [0, 0.1) is 11.8 Å². The van der Waals surface area contributed by atoms with E-state index < -0.39 is 30.0 Å². The second kappa shape index (κ2) is 5.50. The summed E-state index contributed by atoms with van der Waals surface area (Å²) in [5.41, 5.74) is 0.791. The van der Waals surface area contributed by atoms with E-state index in [9.17, 15) is 14.7 Å². The zero-order chi connectivity index (χ0) is 15.0. The van der Waals surface area contributed by atoms with E-state index in [1.54, 1.807) is 18.2 Å². The van der Waals surface area contributed by atoms with Crippen LogP contribution in [-0.4, -0.2) is 29.2 Å². The van der Waals surface area contributed by atoms with Gasteiger partial charge in [0.05, 0.1) is 18.1 Å².